The third-order valence-electron chi connectivity index (χ3n) is 4.16. The second-order valence-electron chi connectivity index (χ2n) is 5.13. The minimum atomic E-state index is -2.99. The van der Waals surface area contributed by atoms with Crippen LogP contribution in [0.15, 0.2) is 36.9 Å². The second-order valence-corrected chi connectivity index (χ2v) is 5.13. The van der Waals surface area contributed by atoms with Gasteiger partial charge in [0.15, 0.2) is 0 Å². The molecule has 0 bridgehead atoms. The van der Waals surface area contributed by atoms with Gasteiger partial charge in [-0.3, -0.25) is 0 Å². The van der Waals surface area contributed by atoms with Gasteiger partial charge in [-0.25, -0.2) is 8.78 Å². The first kappa shape index (κ1) is 13.7. The summed E-state index contributed by atoms with van der Waals surface area (Å²) < 4.78 is 28.9. The Morgan fingerprint density at radius 2 is 1.84 bits per heavy atom. The zero-order valence-corrected chi connectivity index (χ0v) is 10.8. The maximum Gasteiger partial charge on any atom is 0.275 e. The van der Waals surface area contributed by atoms with E-state index in [-0.39, 0.29) is 0 Å². The predicted molar refractivity (Wildman–Crippen MR) is 71.1 cm³/mol. The van der Waals surface area contributed by atoms with E-state index in [2.05, 4.69) is 6.58 Å². The third-order valence-corrected chi connectivity index (χ3v) is 4.16. The maximum absolute atomic E-state index is 14.5. The van der Waals surface area contributed by atoms with Crippen LogP contribution in [0.1, 0.15) is 43.2 Å². The molecule has 100 valence electrons. The number of hydrogen-bond acceptors (Lipinski definition) is 1. The lowest BCUT2D eigenvalue weighted by molar-refractivity contribution is -0.0505. The van der Waals surface area contributed by atoms with Crippen molar-refractivity contribution in [3.8, 4) is 6.07 Å². The van der Waals surface area contributed by atoms with Crippen LogP contribution in [0.25, 0.3) is 0 Å². The summed E-state index contributed by atoms with van der Waals surface area (Å²) in [6, 6.07) is 8.77. The molecular weight excluding hydrogens is 244 g/mol. The number of nitrogens with zero attached hydrogens (tertiary/aromatic N) is 1. The van der Waals surface area contributed by atoms with Crippen molar-refractivity contribution in [2.24, 2.45) is 0 Å². The number of benzene rings is 1. The molecule has 1 nitrogen and oxygen atoms in total. The average Bonchev–Trinajstić information content (AvgIpc) is 2.47. The fraction of sp³-hybridized carbons (Fsp3) is 0.438. The lowest BCUT2D eigenvalue weighted by Crippen LogP contribution is -2.46. The Labute approximate surface area is 112 Å². The molecule has 1 aromatic carbocycles. The Hall–Kier alpha value is -1.69. The van der Waals surface area contributed by atoms with Crippen molar-refractivity contribution in [1.82, 2.24) is 0 Å². The van der Waals surface area contributed by atoms with E-state index in [1.807, 2.05) is 6.07 Å². The molecule has 1 fully saturated rings. The molecule has 19 heavy (non-hydrogen) atoms. The molecule has 0 amide bonds. The smallest absolute Gasteiger partial charge is 0.201 e. The van der Waals surface area contributed by atoms with E-state index in [9.17, 15) is 14.0 Å². The van der Waals surface area contributed by atoms with Gasteiger partial charge >= 0.3 is 0 Å². The summed E-state index contributed by atoms with van der Waals surface area (Å²) in [5, 5.41) is 9.18. The highest BCUT2D eigenvalue weighted by molar-refractivity contribution is 5.45. The molecule has 1 aromatic rings. The van der Waals surface area contributed by atoms with E-state index >= 15 is 0 Å². The number of hydrogen-bond donors (Lipinski definition) is 0. The third kappa shape index (κ3) is 2.16. The zero-order chi connectivity index (χ0) is 13.9. The minimum absolute atomic E-state index is 0.353. The largest absolute Gasteiger partial charge is 0.275 e. The normalized spacial score (nSPS) is 18.6. The summed E-state index contributed by atoms with van der Waals surface area (Å²) in [5.41, 5.74) is -0.438. The molecular formula is C16H17F2N. The van der Waals surface area contributed by atoms with Crippen LogP contribution in [0.3, 0.4) is 0 Å². The summed E-state index contributed by atoms with van der Waals surface area (Å²) in [6.07, 6.45) is 4.07. The summed E-state index contributed by atoms with van der Waals surface area (Å²) in [4.78, 5) is 0. The molecule has 0 spiro atoms. The Morgan fingerprint density at radius 3 is 2.42 bits per heavy atom. The Bertz CT molecular complexity index is 508. The molecule has 2 rings (SSSR count). The SMILES string of the molecule is C=CC(F)(F)C1(c2ccccc2C#N)CCCCC1. The van der Waals surface area contributed by atoms with Crippen LogP contribution in [0.5, 0.6) is 0 Å². The summed E-state index contributed by atoms with van der Waals surface area (Å²) in [7, 11) is 0. The van der Waals surface area contributed by atoms with E-state index < -0.39 is 11.3 Å². The highest BCUT2D eigenvalue weighted by atomic mass is 19.3. The van der Waals surface area contributed by atoms with Crippen molar-refractivity contribution < 1.29 is 8.78 Å². The van der Waals surface area contributed by atoms with Gasteiger partial charge in [-0.2, -0.15) is 5.26 Å². The minimum Gasteiger partial charge on any atom is -0.201 e. The van der Waals surface area contributed by atoms with Crippen molar-refractivity contribution >= 4 is 0 Å². The molecule has 0 saturated heterocycles. The van der Waals surface area contributed by atoms with E-state index in [0.29, 0.717) is 24.0 Å². The van der Waals surface area contributed by atoms with Crippen LogP contribution >= 0.6 is 0 Å². The molecule has 0 radical (unpaired) electrons. The Morgan fingerprint density at radius 1 is 1.21 bits per heavy atom. The highest BCUT2D eigenvalue weighted by Crippen LogP contribution is 2.51. The number of rotatable bonds is 3. The molecule has 0 N–H and O–H groups in total. The Balaban J connectivity index is 2.61. The van der Waals surface area contributed by atoms with E-state index in [0.717, 1.165) is 25.3 Å². The van der Waals surface area contributed by atoms with Crippen molar-refractivity contribution in [2.75, 3.05) is 0 Å². The topological polar surface area (TPSA) is 23.8 Å². The number of alkyl halides is 2. The van der Waals surface area contributed by atoms with E-state index in [1.54, 1.807) is 24.3 Å². The molecule has 1 aliphatic rings. The monoisotopic (exact) mass is 261 g/mol. The Kier molecular flexibility index (Phi) is 3.71. The molecule has 1 saturated carbocycles. The standard InChI is InChI=1S/C16H17F2N/c1-2-16(17,18)15(10-6-3-7-11-15)14-9-5-4-8-13(14)12-19/h2,4-5,8-9H,1,3,6-7,10-11H2. The van der Waals surface area contributed by atoms with Gasteiger partial charge < -0.3 is 0 Å². The van der Waals surface area contributed by atoms with Crippen molar-refractivity contribution in [3.05, 3.63) is 48.0 Å². The van der Waals surface area contributed by atoms with Gasteiger partial charge in [0.05, 0.1) is 17.0 Å². The van der Waals surface area contributed by atoms with E-state index in [1.165, 1.54) is 0 Å². The molecule has 0 aliphatic heterocycles. The molecule has 0 atom stereocenters. The van der Waals surface area contributed by atoms with Crippen LogP contribution < -0.4 is 0 Å². The average molecular weight is 261 g/mol. The second kappa shape index (κ2) is 5.13. The lowest BCUT2D eigenvalue weighted by Gasteiger charge is -2.42. The van der Waals surface area contributed by atoms with Gasteiger partial charge in [-0.1, -0.05) is 44.0 Å². The van der Waals surface area contributed by atoms with Gasteiger partial charge in [-0.15, -0.1) is 0 Å². The van der Waals surface area contributed by atoms with Gasteiger partial charge in [0.2, 0.25) is 0 Å². The van der Waals surface area contributed by atoms with Gasteiger partial charge in [0.25, 0.3) is 5.92 Å². The number of nitriles is 1. The molecule has 3 heteroatoms. The van der Waals surface area contributed by atoms with Gasteiger partial charge in [0, 0.05) is 0 Å². The van der Waals surface area contributed by atoms with Crippen LogP contribution in [0.2, 0.25) is 0 Å². The predicted octanol–water partition coefficient (Wildman–Crippen LogP) is 4.58. The van der Waals surface area contributed by atoms with Crippen LogP contribution in [0.4, 0.5) is 8.78 Å². The number of allylic oxidation sites excluding steroid dienone is 1. The molecule has 0 heterocycles. The fourth-order valence-electron chi connectivity index (χ4n) is 3.13. The quantitative estimate of drug-likeness (QED) is 0.730. The van der Waals surface area contributed by atoms with Crippen LogP contribution in [-0.2, 0) is 5.41 Å². The van der Waals surface area contributed by atoms with Crippen LogP contribution in [0, 0.1) is 11.3 Å². The first-order valence-corrected chi connectivity index (χ1v) is 6.58. The van der Waals surface area contributed by atoms with Crippen molar-refractivity contribution in [3.63, 3.8) is 0 Å². The van der Waals surface area contributed by atoms with Crippen LogP contribution in [-0.4, -0.2) is 5.92 Å². The first-order valence-electron chi connectivity index (χ1n) is 6.58. The van der Waals surface area contributed by atoms with Gasteiger partial charge in [-0.05, 0) is 30.5 Å². The van der Waals surface area contributed by atoms with Crippen molar-refractivity contribution in [2.45, 2.75) is 43.4 Å². The molecule has 0 unspecified atom stereocenters. The summed E-state index contributed by atoms with van der Waals surface area (Å²) in [5.74, 6) is -2.99. The number of halogens is 2. The van der Waals surface area contributed by atoms with Crippen molar-refractivity contribution in [1.29, 1.82) is 5.26 Å². The molecule has 0 aromatic heterocycles. The maximum atomic E-state index is 14.5. The summed E-state index contributed by atoms with van der Waals surface area (Å²) in [6.45, 7) is 3.30. The fourth-order valence-corrected chi connectivity index (χ4v) is 3.13. The van der Waals surface area contributed by atoms with Gasteiger partial charge in [0.1, 0.15) is 0 Å². The molecule has 1 aliphatic carbocycles. The summed E-state index contributed by atoms with van der Waals surface area (Å²) >= 11 is 0. The highest BCUT2D eigenvalue weighted by Gasteiger charge is 2.53. The first-order chi connectivity index (χ1) is 9.07. The zero-order valence-electron chi connectivity index (χ0n) is 10.8. The van der Waals surface area contributed by atoms with E-state index in [4.69, 9.17) is 0 Å². The lowest BCUT2D eigenvalue weighted by atomic mass is 9.64.